The van der Waals surface area contributed by atoms with Gasteiger partial charge in [-0.05, 0) is 37.1 Å². The maximum Gasteiger partial charge on any atom is 0.418 e. The minimum absolute atomic E-state index is 0.0271. The third kappa shape index (κ3) is 4.77. The van der Waals surface area contributed by atoms with Gasteiger partial charge in [-0.15, -0.1) is 0 Å². The molecule has 3 rings (SSSR count). The monoisotopic (exact) mass is 382 g/mol. The highest BCUT2D eigenvalue weighted by atomic mass is 19.4. The van der Waals surface area contributed by atoms with Crippen LogP contribution in [0.25, 0.3) is 0 Å². The number of amides is 1. The highest BCUT2D eigenvalue weighted by Gasteiger charge is 2.34. The van der Waals surface area contributed by atoms with E-state index in [1.54, 1.807) is 6.07 Å². The molecule has 2 aromatic carbocycles. The second kappa shape index (κ2) is 7.96. The number of benzene rings is 2. The second-order valence-electron chi connectivity index (χ2n) is 6.19. The van der Waals surface area contributed by atoms with Crippen LogP contribution in [-0.2, 0) is 22.3 Å². The van der Waals surface area contributed by atoms with E-state index in [9.17, 15) is 22.4 Å². The minimum Gasteiger partial charge on any atom is -0.380 e. The maximum absolute atomic E-state index is 13.7. The Bertz CT molecular complexity index is 818. The second-order valence-corrected chi connectivity index (χ2v) is 6.19. The van der Waals surface area contributed by atoms with E-state index in [2.05, 4.69) is 10.6 Å². The first kappa shape index (κ1) is 19.2. The molecule has 1 atom stereocenters. The lowest BCUT2D eigenvalue weighted by molar-refractivity contribution is -0.137. The van der Waals surface area contributed by atoms with Gasteiger partial charge in [0.2, 0.25) is 0 Å². The Balaban J connectivity index is 1.77. The van der Waals surface area contributed by atoms with E-state index in [0.717, 1.165) is 12.5 Å². The Labute approximate surface area is 153 Å². The van der Waals surface area contributed by atoms with Crippen LogP contribution in [0, 0.1) is 5.82 Å². The SMILES string of the molecule is O=C(Nc1ccc(NCc2ccccc2F)c(C(F)(F)F)c1)C1CCCO1. The summed E-state index contributed by atoms with van der Waals surface area (Å²) in [6.45, 7) is 0.363. The Hall–Kier alpha value is -2.61. The van der Waals surface area contributed by atoms with Gasteiger partial charge in [0.25, 0.3) is 5.91 Å². The zero-order chi connectivity index (χ0) is 19.4. The molecule has 8 heteroatoms. The van der Waals surface area contributed by atoms with E-state index in [0.29, 0.717) is 13.0 Å². The summed E-state index contributed by atoms with van der Waals surface area (Å²) < 4.78 is 59.1. The number of rotatable bonds is 5. The first-order valence-electron chi connectivity index (χ1n) is 8.45. The van der Waals surface area contributed by atoms with Crippen molar-refractivity contribution in [1.29, 1.82) is 0 Å². The summed E-state index contributed by atoms with van der Waals surface area (Å²) in [5, 5.41) is 5.07. The van der Waals surface area contributed by atoms with Crippen molar-refractivity contribution in [2.75, 3.05) is 17.2 Å². The number of carbonyl (C=O) groups excluding carboxylic acids is 1. The quantitative estimate of drug-likeness (QED) is 0.745. The van der Waals surface area contributed by atoms with Crippen molar-refractivity contribution in [3.8, 4) is 0 Å². The average molecular weight is 382 g/mol. The number of alkyl halides is 3. The molecule has 2 aromatic rings. The number of hydrogen-bond donors (Lipinski definition) is 2. The van der Waals surface area contributed by atoms with Crippen molar-refractivity contribution in [3.63, 3.8) is 0 Å². The lowest BCUT2D eigenvalue weighted by atomic mass is 10.1. The van der Waals surface area contributed by atoms with Crippen molar-refractivity contribution in [3.05, 3.63) is 59.4 Å². The normalized spacial score (nSPS) is 17.0. The molecule has 27 heavy (non-hydrogen) atoms. The highest BCUT2D eigenvalue weighted by Crippen LogP contribution is 2.37. The van der Waals surface area contributed by atoms with Gasteiger partial charge in [-0.1, -0.05) is 18.2 Å². The molecule has 1 amide bonds. The zero-order valence-corrected chi connectivity index (χ0v) is 14.3. The summed E-state index contributed by atoms with van der Waals surface area (Å²) in [5.41, 5.74) is -0.856. The molecule has 1 aliphatic heterocycles. The van der Waals surface area contributed by atoms with Crippen molar-refractivity contribution in [1.82, 2.24) is 0 Å². The van der Waals surface area contributed by atoms with Crippen molar-refractivity contribution in [2.45, 2.75) is 31.7 Å². The van der Waals surface area contributed by atoms with Gasteiger partial charge in [0.1, 0.15) is 11.9 Å². The molecular formula is C19H18F4N2O2. The Kier molecular flexibility index (Phi) is 5.65. The van der Waals surface area contributed by atoms with Gasteiger partial charge < -0.3 is 15.4 Å². The van der Waals surface area contributed by atoms with Crippen molar-refractivity contribution in [2.24, 2.45) is 0 Å². The standard InChI is InChI=1S/C19H18F4N2O2/c20-15-5-2-1-4-12(15)11-24-16-8-7-13(10-14(16)19(21,22)23)25-18(26)17-6-3-9-27-17/h1-2,4-5,7-8,10,17,24H,3,6,9,11H2,(H,25,26). The number of ether oxygens (including phenoxy) is 1. The molecule has 0 bridgehead atoms. The van der Waals surface area contributed by atoms with E-state index in [1.807, 2.05) is 0 Å². The third-order valence-corrected chi connectivity index (χ3v) is 4.24. The van der Waals surface area contributed by atoms with Gasteiger partial charge in [0, 0.05) is 30.1 Å². The summed E-state index contributed by atoms with van der Waals surface area (Å²) >= 11 is 0. The predicted octanol–water partition coefficient (Wildman–Crippen LogP) is 4.57. The van der Waals surface area contributed by atoms with Crippen LogP contribution in [0.3, 0.4) is 0 Å². The first-order chi connectivity index (χ1) is 12.8. The van der Waals surface area contributed by atoms with Crippen LogP contribution in [0.15, 0.2) is 42.5 Å². The smallest absolute Gasteiger partial charge is 0.380 e. The molecule has 0 radical (unpaired) electrons. The van der Waals surface area contributed by atoms with E-state index >= 15 is 0 Å². The Morgan fingerprint density at radius 1 is 1.19 bits per heavy atom. The van der Waals surface area contributed by atoms with E-state index in [1.165, 1.54) is 30.3 Å². The molecule has 1 fully saturated rings. The van der Waals surface area contributed by atoms with Gasteiger partial charge in [-0.2, -0.15) is 13.2 Å². The third-order valence-electron chi connectivity index (χ3n) is 4.24. The lowest BCUT2D eigenvalue weighted by Gasteiger charge is -2.17. The molecule has 4 nitrogen and oxygen atoms in total. The molecule has 0 aromatic heterocycles. The number of hydrogen-bond acceptors (Lipinski definition) is 3. The van der Waals surface area contributed by atoms with Crippen molar-refractivity contribution >= 4 is 17.3 Å². The molecule has 0 spiro atoms. The molecule has 0 saturated carbocycles. The van der Waals surface area contributed by atoms with E-state index < -0.39 is 29.6 Å². The Morgan fingerprint density at radius 3 is 2.63 bits per heavy atom. The van der Waals surface area contributed by atoms with Crippen molar-refractivity contribution < 1.29 is 27.1 Å². The summed E-state index contributed by atoms with van der Waals surface area (Å²) in [7, 11) is 0. The van der Waals surface area contributed by atoms with Crippen LogP contribution in [0.4, 0.5) is 28.9 Å². The number of nitrogens with one attached hydrogen (secondary N) is 2. The average Bonchev–Trinajstić information content (AvgIpc) is 3.16. The zero-order valence-electron chi connectivity index (χ0n) is 14.3. The van der Waals surface area contributed by atoms with Gasteiger partial charge in [-0.25, -0.2) is 4.39 Å². The van der Waals surface area contributed by atoms with Crippen LogP contribution in [0.5, 0.6) is 0 Å². The topological polar surface area (TPSA) is 50.4 Å². The van der Waals surface area contributed by atoms with Crippen LogP contribution in [0.1, 0.15) is 24.0 Å². The lowest BCUT2D eigenvalue weighted by Crippen LogP contribution is -2.27. The number of carbonyl (C=O) groups is 1. The van der Waals surface area contributed by atoms with E-state index in [4.69, 9.17) is 4.74 Å². The summed E-state index contributed by atoms with van der Waals surface area (Å²) in [5.74, 6) is -0.966. The fourth-order valence-electron chi connectivity index (χ4n) is 2.85. The highest BCUT2D eigenvalue weighted by molar-refractivity contribution is 5.94. The maximum atomic E-state index is 13.7. The fraction of sp³-hybridized carbons (Fsp3) is 0.316. The molecule has 0 aliphatic carbocycles. The Morgan fingerprint density at radius 2 is 1.96 bits per heavy atom. The minimum atomic E-state index is -4.64. The van der Waals surface area contributed by atoms with Gasteiger partial charge in [0.15, 0.2) is 0 Å². The van der Waals surface area contributed by atoms with Crippen LogP contribution < -0.4 is 10.6 Å². The van der Waals surface area contributed by atoms with Crippen LogP contribution >= 0.6 is 0 Å². The molecule has 1 saturated heterocycles. The summed E-state index contributed by atoms with van der Waals surface area (Å²) in [4.78, 5) is 12.0. The van der Waals surface area contributed by atoms with Gasteiger partial charge in [-0.3, -0.25) is 4.79 Å². The molecule has 144 valence electrons. The first-order valence-corrected chi connectivity index (χ1v) is 8.45. The predicted molar refractivity (Wildman–Crippen MR) is 92.8 cm³/mol. The molecular weight excluding hydrogens is 364 g/mol. The summed E-state index contributed by atoms with van der Waals surface area (Å²) in [6, 6.07) is 9.29. The van der Waals surface area contributed by atoms with Gasteiger partial charge >= 0.3 is 6.18 Å². The number of halogens is 4. The molecule has 1 heterocycles. The largest absolute Gasteiger partial charge is 0.418 e. The molecule has 1 aliphatic rings. The fourth-order valence-corrected chi connectivity index (χ4v) is 2.85. The van der Waals surface area contributed by atoms with Gasteiger partial charge in [0.05, 0.1) is 5.56 Å². The van der Waals surface area contributed by atoms with Crippen LogP contribution in [0.2, 0.25) is 0 Å². The van der Waals surface area contributed by atoms with E-state index in [-0.39, 0.29) is 23.5 Å². The number of anilines is 2. The molecule has 2 N–H and O–H groups in total. The van der Waals surface area contributed by atoms with Crippen LogP contribution in [-0.4, -0.2) is 18.6 Å². The summed E-state index contributed by atoms with van der Waals surface area (Å²) in [6.07, 6.45) is -3.99. The molecule has 1 unspecified atom stereocenters.